The topological polar surface area (TPSA) is 33.1 Å². The van der Waals surface area contributed by atoms with Crippen molar-refractivity contribution in [3.05, 3.63) is 41.6 Å². The summed E-state index contributed by atoms with van der Waals surface area (Å²) in [5.74, 6) is 0. The van der Waals surface area contributed by atoms with E-state index in [2.05, 4.69) is 4.98 Å². The Hall–Kier alpha value is -1.62. The van der Waals surface area contributed by atoms with Crippen LogP contribution >= 0.6 is 0 Å². The lowest BCUT2D eigenvalue weighted by Crippen LogP contribution is -2.28. The molecule has 1 unspecified atom stereocenters. The van der Waals surface area contributed by atoms with Gasteiger partial charge in [0.15, 0.2) is 0 Å². The van der Waals surface area contributed by atoms with Gasteiger partial charge >= 0.3 is 6.18 Å². The lowest BCUT2D eigenvalue weighted by Gasteiger charge is -2.14. The highest BCUT2D eigenvalue weighted by Gasteiger charge is 2.37. The Bertz CT molecular complexity index is 580. The number of aliphatic hydroxyl groups excluding tert-OH is 1. The van der Waals surface area contributed by atoms with Crippen LogP contribution in [0.25, 0.3) is 10.9 Å². The lowest BCUT2D eigenvalue weighted by molar-refractivity contribution is -0.205. The number of hydrogen-bond donors (Lipinski definition) is 1. The summed E-state index contributed by atoms with van der Waals surface area (Å²) in [5, 5.41) is 9.87. The second-order valence-corrected chi connectivity index (χ2v) is 4.64. The van der Waals surface area contributed by atoms with Crippen LogP contribution < -0.4 is 0 Å². The maximum Gasteiger partial charge on any atom is 0.414 e. The molecule has 5 heteroatoms. The van der Waals surface area contributed by atoms with Gasteiger partial charge in [0.05, 0.1) is 5.52 Å². The Morgan fingerprint density at radius 3 is 2.68 bits per heavy atom. The fourth-order valence-electron chi connectivity index (χ4n) is 1.91. The number of alkyl halides is 3. The number of aromatic nitrogens is 1. The molecule has 2 rings (SSSR count). The maximum atomic E-state index is 12.2. The molecule has 0 fully saturated rings. The molecule has 2 nitrogen and oxygen atoms in total. The fourth-order valence-corrected chi connectivity index (χ4v) is 1.91. The van der Waals surface area contributed by atoms with Gasteiger partial charge in [-0.25, -0.2) is 0 Å². The van der Waals surface area contributed by atoms with Crippen molar-refractivity contribution in [2.24, 2.45) is 0 Å². The van der Waals surface area contributed by atoms with Crippen molar-refractivity contribution in [2.75, 3.05) is 0 Å². The molecule has 1 heterocycles. The van der Waals surface area contributed by atoms with Crippen LogP contribution in [0.2, 0.25) is 0 Å². The minimum atomic E-state index is -4.55. The zero-order valence-electron chi connectivity index (χ0n) is 10.4. The van der Waals surface area contributed by atoms with Crippen LogP contribution in [0.4, 0.5) is 13.2 Å². The minimum absolute atomic E-state index is 0.185. The largest absolute Gasteiger partial charge is 0.414 e. The van der Waals surface area contributed by atoms with Gasteiger partial charge < -0.3 is 5.11 Å². The number of benzene rings is 1. The molecule has 102 valence electrons. The van der Waals surface area contributed by atoms with Gasteiger partial charge in [0, 0.05) is 11.6 Å². The van der Waals surface area contributed by atoms with Gasteiger partial charge in [-0.1, -0.05) is 6.07 Å². The van der Waals surface area contributed by atoms with Crippen LogP contribution in [-0.2, 0) is 6.42 Å². The van der Waals surface area contributed by atoms with Crippen molar-refractivity contribution in [1.82, 2.24) is 4.98 Å². The van der Waals surface area contributed by atoms with Gasteiger partial charge in [-0.15, -0.1) is 0 Å². The van der Waals surface area contributed by atoms with Crippen LogP contribution in [0.3, 0.4) is 0 Å². The smallest absolute Gasteiger partial charge is 0.384 e. The van der Waals surface area contributed by atoms with Crippen molar-refractivity contribution in [1.29, 1.82) is 0 Å². The predicted molar refractivity (Wildman–Crippen MR) is 66.9 cm³/mol. The van der Waals surface area contributed by atoms with Gasteiger partial charge in [0.1, 0.15) is 6.10 Å². The first-order chi connectivity index (χ1) is 8.86. The van der Waals surface area contributed by atoms with Gasteiger partial charge in [-0.05, 0) is 49.1 Å². The summed E-state index contributed by atoms with van der Waals surface area (Å²) in [6, 6.07) is 7.28. The van der Waals surface area contributed by atoms with Crippen molar-refractivity contribution in [3.8, 4) is 0 Å². The molecule has 1 atom stereocenters. The highest BCUT2D eigenvalue weighted by Crippen LogP contribution is 2.24. The average Bonchev–Trinajstić information content (AvgIpc) is 2.34. The molecule has 0 aliphatic heterocycles. The van der Waals surface area contributed by atoms with E-state index < -0.39 is 12.3 Å². The molecule has 0 bridgehead atoms. The van der Waals surface area contributed by atoms with E-state index in [4.69, 9.17) is 5.11 Å². The summed E-state index contributed by atoms with van der Waals surface area (Å²) in [4.78, 5) is 4.23. The molecule has 1 N–H and O–H groups in total. The maximum absolute atomic E-state index is 12.2. The summed E-state index contributed by atoms with van der Waals surface area (Å²) in [6.07, 6.45) is -5.21. The number of pyridine rings is 1. The number of aryl methyl sites for hydroxylation is 2. The molecular weight excluding hydrogens is 255 g/mol. The summed E-state index contributed by atoms with van der Waals surface area (Å²) in [7, 11) is 0. The highest BCUT2D eigenvalue weighted by atomic mass is 19.4. The van der Waals surface area contributed by atoms with Crippen LogP contribution in [0.1, 0.15) is 17.5 Å². The first-order valence-electron chi connectivity index (χ1n) is 5.96. The molecule has 0 saturated heterocycles. The molecule has 0 aliphatic carbocycles. The number of halogens is 3. The first-order valence-corrected chi connectivity index (χ1v) is 5.96. The van der Waals surface area contributed by atoms with Crippen LogP contribution in [0, 0.1) is 6.92 Å². The van der Waals surface area contributed by atoms with Crippen molar-refractivity contribution in [2.45, 2.75) is 32.0 Å². The van der Waals surface area contributed by atoms with Crippen molar-refractivity contribution >= 4 is 10.9 Å². The summed E-state index contributed by atoms with van der Waals surface area (Å²) < 4.78 is 36.6. The first kappa shape index (κ1) is 13.8. The number of hydrogen-bond acceptors (Lipinski definition) is 2. The molecule has 1 aromatic carbocycles. The monoisotopic (exact) mass is 269 g/mol. The summed E-state index contributed by atoms with van der Waals surface area (Å²) in [5.41, 5.74) is 2.58. The van der Waals surface area contributed by atoms with Crippen LogP contribution in [0.5, 0.6) is 0 Å². The van der Waals surface area contributed by atoms with Gasteiger partial charge in [-0.2, -0.15) is 13.2 Å². The van der Waals surface area contributed by atoms with Gasteiger partial charge in [0.25, 0.3) is 0 Å². The molecule has 1 aromatic heterocycles. The van der Waals surface area contributed by atoms with E-state index in [-0.39, 0.29) is 12.8 Å². The van der Waals surface area contributed by atoms with E-state index >= 15 is 0 Å². The Kier molecular flexibility index (Phi) is 3.75. The zero-order chi connectivity index (χ0) is 14.0. The summed E-state index contributed by atoms with van der Waals surface area (Å²) >= 11 is 0. The Morgan fingerprint density at radius 2 is 2.00 bits per heavy atom. The highest BCUT2D eigenvalue weighted by molar-refractivity contribution is 5.79. The van der Waals surface area contributed by atoms with E-state index in [0.29, 0.717) is 0 Å². The van der Waals surface area contributed by atoms with E-state index in [1.807, 2.05) is 19.1 Å². The molecule has 0 saturated carbocycles. The number of aliphatic hydroxyl groups is 1. The van der Waals surface area contributed by atoms with E-state index in [0.717, 1.165) is 22.0 Å². The second-order valence-electron chi connectivity index (χ2n) is 4.64. The Balaban J connectivity index is 2.13. The third-order valence-corrected chi connectivity index (χ3v) is 2.97. The second kappa shape index (κ2) is 5.17. The molecule has 0 spiro atoms. The van der Waals surface area contributed by atoms with Gasteiger partial charge in [0.2, 0.25) is 0 Å². The third kappa shape index (κ3) is 3.44. The fraction of sp³-hybridized carbons (Fsp3) is 0.357. The van der Waals surface area contributed by atoms with Crippen LogP contribution in [0.15, 0.2) is 30.5 Å². The molecular formula is C14H14F3NO. The summed E-state index contributed by atoms with van der Waals surface area (Å²) in [6.45, 7) is 1.91. The predicted octanol–water partition coefficient (Wildman–Crippen LogP) is 3.40. The number of nitrogens with zero attached hydrogens (tertiary/aromatic N) is 1. The number of rotatable bonds is 3. The molecule has 0 radical (unpaired) electrons. The molecule has 0 aliphatic rings. The standard InChI is InChI=1S/C14H14F3NO/c1-9-6-11-7-10(2-4-12(11)18-8-9)3-5-13(19)14(15,16)17/h2,4,6-8,13,19H,3,5H2,1H3. The normalized spacial score (nSPS) is 13.7. The number of fused-ring (bicyclic) bond motifs is 1. The third-order valence-electron chi connectivity index (χ3n) is 2.97. The molecule has 2 aromatic rings. The average molecular weight is 269 g/mol. The molecule has 0 amide bonds. The van der Waals surface area contributed by atoms with Gasteiger partial charge in [-0.3, -0.25) is 4.98 Å². The molecule has 19 heavy (non-hydrogen) atoms. The van der Waals surface area contributed by atoms with Crippen molar-refractivity contribution < 1.29 is 18.3 Å². The van der Waals surface area contributed by atoms with E-state index in [1.165, 1.54) is 0 Å². The van der Waals surface area contributed by atoms with E-state index in [1.54, 1.807) is 18.3 Å². The van der Waals surface area contributed by atoms with E-state index in [9.17, 15) is 13.2 Å². The van der Waals surface area contributed by atoms with Crippen molar-refractivity contribution in [3.63, 3.8) is 0 Å². The minimum Gasteiger partial charge on any atom is -0.384 e. The quantitative estimate of drug-likeness (QED) is 0.926. The Labute approximate surface area is 108 Å². The Morgan fingerprint density at radius 1 is 1.26 bits per heavy atom. The zero-order valence-corrected chi connectivity index (χ0v) is 10.4. The lowest BCUT2D eigenvalue weighted by atomic mass is 10.0. The SMILES string of the molecule is Cc1cnc2ccc(CCC(O)C(F)(F)F)cc2c1. The van der Waals surface area contributed by atoms with Crippen LogP contribution in [-0.4, -0.2) is 22.4 Å².